The van der Waals surface area contributed by atoms with E-state index < -0.39 is 0 Å². The molecule has 0 radical (unpaired) electrons. The Morgan fingerprint density at radius 2 is 2.13 bits per heavy atom. The molecule has 2 rings (SSSR count). The van der Waals surface area contributed by atoms with Gasteiger partial charge in [0.2, 0.25) is 0 Å². The maximum atomic E-state index is 5.64. The molecule has 1 saturated heterocycles. The third-order valence-corrected chi connectivity index (χ3v) is 4.30. The number of likely N-dealkylation sites (tertiary alicyclic amines) is 1. The van der Waals surface area contributed by atoms with Crippen molar-refractivity contribution in [2.75, 3.05) is 39.9 Å². The second kappa shape index (κ2) is 4.81. The lowest BCUT2D eigenvalue weighted by molar-refractivity contribution is 0.0968. The highest BCUT2D eigenvalue weighted by molar-refractivity contribution is 4.99. The summed E-state index contributed by atoms with van der Waals surface area (Å²) in [5, 5.41) is 0. The predicted octanol–water partition coefficient (Wildman–Crippen LogP) is 1.08. The molecule has 1 aliphatic heterocycles. The third kappa shape index (κ3) is 2.19. The summed E-state index contributed by atoms with van der Waals surface area (Å²) in [7, 11) is 1.83. The quantitative estimate of drug-likeness (QED) is 0.758. The number of ether oxygens (including phenoxy) is 1. The molecule has 0 amide bonds. The first-order valence-corrected chi connectivity index (χ1v) is 6.22. The van der Waals surface area contributed by atoms with Gasteiger partial charge in [-0.3, -0.25) is 0 Å². The number of rotatable bonds is 4. The van der Waals surface area contributed by atoms with Crippen LogP contribution < -0.4 is 5.73 Å². The first-order chi connectivity index (χ1) is 7.30. The van der Waals surface area contributed by atoms with Crippen molar-refractivity contribution in [1.82, 2.24) is 4.90 Å². The molecule has 0 aromatic heterocycles. The number of hydrogen-bond donors (Lipinski definition) is 1. The summed E-state index contributed by atoms with van der Waals surface area (Å²) < 4.78 is 5.38. The van der Waals surface area contributed by atoms with Crippen LogP contribution in [0.2, 0.25) is 0 Å². The molecular formula is C12H24N2O. The van der Waals surface area contributed by atoms with Gasteiger partial charge in [-0.2, -0.15) is 0 Å². The molecule has 88 valence electrons. The van der Waals surface area contributed by atoms with Gasteiger partial charge in [0.25, 0.3) is 0 Å². The standard InChI is InChI=1S/C12H24N2O/c1-15-9-11-8-14(7-6-13)10-12(11)4-2-3-5-12/h11H,2-10,13H2,1H3/t11-/m1/s1. The van der Waals surface area contributed by atoms with Gasteiger partial charge >= 0.3 is 0 Å². The van der Waals surface area contributed by atoms with Crippen LogP contribution in [0.25, 0.3) is 0 Å². The van der Waals surface area contributed by atoms with Crippen LogP contribution in [0.5, 0.6) is 0 Å². The van der Waals surface area contributed by atoms with Gasteiger partial charge in [-0.15, -0.1) is 0 Å². The van der Waals surface area contributed by atoms with Crippen molar-refractivity contribution in [1.29, 1.82) is 0 Å². The average molecular weight is 212 g/mol. The summed E-state index contributed by atoms with van der Waals surface area (Å²) in [5.74, 6) is 0.747. The molecule has 0 aromatic carbocycles. The molecule has 1 aliphatic carbocycles. The molecular weight excluding hydrogens is 188 g/mol. The van der Waals surface area contributed by atoms with Crippen molar-refractivity contribution in [2.24, 2.45) is 17.1 Å². The predicted molar refractivity (Wildman–Crippen MR) is 61.8 cm³/mol. The van der Waals surface area contributed by atoms with E-state index in [9.17, 15) is 0 Å². The highest BCUT2D eigenvalue weighted by atomic mass is 16.5. The monoisotopic (exact) mass is 212 g/mol. The molecule has 2 fully saturated rings. The maximum absolute atomic E-state index is 5.64. The van der Waals surface area contributed by atoms with Crippen LogP contribution in [0.1, 0.15) is 25.7 Å². The molecule has 1 spiro atoms. The Morgan fingerprint density at radius 1 is 1.40 bits per heavy atom. The molecule has 0 unspecified atom stereocenters. The van der Waals surface area contributed by atoms with Crippen molar-refractivity contribution >= 4 is 0 Å². The third-order valence-electron chi connectivity index (χ3n) is 4.30. The fraction of sp³-hybridized carbons (Fsp3) is 1.00. The van der Waals surface area contributed by atoms with Gasteiger partial charge < -0.3 is 15.4 Å². The van der Waals surface area contributed by atoms with Gasteiger partial charge in [-0.25, -0.2) is 0 Å². The highest BCUT2D eigenvalue weighted by Crippen LogP contribution is 2.48. The van der Waals surface area contributed by atoms with Crippen molar-refractivity contribution in [2.45, 2.75) is 25.7 Å². The molecule has 1 heterocycles. The minimum absolute atomic E-state index is 0.575. The topological polar surface area (TPSA) is 38.5 Å². The molecule has 3 nitrogen and oxygen atoms in total. The number of nitrogens with two attached hydrogens (primary N) is 1. The van der Waals surface area contributed by atoms with Gasteiger partial charge in [0.05, 0.1) is 6.61 Å². The number of methoxy groups -OCH3 is 1. The molecule has 1 saturated carbocycles. The van der Waals surface area contributed by atoms with Crippen LogP contribution in [0, 0.1) is 11.3 Å². The van der Waals surface area contributed by atoms with E-state index in [1.54, 1.807) is 0 Å². The molecule has 3 heteroatoms. The Bertz CT molecular complexity index is 202. The number of hydrogen-bond acceptors (Lipinski definition) is 3. The summed E-state index contributed by atoms with van der Waals surface area (Å²) in [4.78, 5) is 2.54. The van der Waals surface area contributed by atoms with Gasteiger partial charge in [0, 0.05) is 39.2 Å². The zero-order valence-electron chi connectivity index (χ0n) is 9.87. The van der Waals surface area contributed by atoms with Crippen molar-refractivity contribution < 1.29 is 4.74 Å². The summed E-state index contributed by atoms with van der Waals surface area (Å²) in [6, 6.07) is 0. The smallest absolute Gasteiger partial charge is 0.0508 e. The van der Waals surface area contributed by atoms with E-state index in [0.29, 0.717) is 5.41 Å². The summed E-state index contributed by atoms with van der Waals surface area (Å²) in [6.45, 7) is 5.24. The Labute approximate surface area is 93.0 Å². The van der Waals surface area contributed by atoms with Crippen LogP contribution in [0.15, 0.2) is 0 Å². The zero-order chi connectivity index (χ0) is 10.7. The maximum Gasteiger partial charge on any atom is 0.0508 e. The SMILES string of the molecule is COC[C@H]1CN(CCN)CC12CCCC2. The minimum atomic E-state index is 0.575. The average Bonchev–Trinajstić information content (AvgIpc) is 2.79. The van der Waals surface area contributed by atoms with Gasteiger partial charge in [-0.1, -0.05) is 12.8 Å². The molecule has 1 atom stereocenters. The van der Waals surface area contributed by atoms with Gasteiger partial charge in [-0.05, 0) is 18.3 Å². The molecule has 2 N–H and O–H groups in total. The van der Waals surface area contributed by atoms with Crippen molar-refractivity contribution in [3.05, 3.63) is 0 Å². The molecule has 0 bridgehead atoms. The van der Waals surface area contributed by atoms with Crippen LogP contribution in [0.4, 0.5) is 0 Å². The fourth-order valence-electron chi connectivity index (χ4n) is 3.57. The first-order valence-electron chi connectivity index (χ1n) is 6.22. The van der Waals surface area contributed by atoms with E-state index in [0.717, 1.165) is 25.6 Å². The van der Waals surface area contributed by atoms with Crippen LogP contribution in [0.3, 0.4) is 0 Å². The van der Waals surface area contributed by atoms with E-state index in [2.05, 4.69) is 4.90 Å². The van der Waals surface area contributed by atoms with Gasteiger partial charge in [0.1, 0.15) is 0 Å². The van der Waals surface area contributed by atoms with E-state index in [1.807, 2.05) is 7.11 Å². The molecule has 15 heavy (non-hydrogen) atoms. The summed E-state index contributed by atoms with van der Waals surface area (Å²) in [5.41, 5.74) is 6.22. The Kier molecular flexibility index (Phi) is 3.65. The van der Waals surface area contributed by atoms with E-state index in [4.69, 9.17) is 10.5 Å². The van der Waals surface area contributed by atoms with Crippen LogP contribution in [-0.4, -0.2) is 44.8 Å². The summed E-state index contributed by atoms with van der Waals surface area (Å²) >= 11 is 0. The highest BCUT2D eigenvalue weighted by Gasteiger charge is 2.47. The fourth-order valence-corrected chi connectivity index (χ4v) is 3.57. The van der Waals surface area contributed by atoms with E-state index >= 15 is 0 Å². The Hall–Kier alpha value is -0.120. The lowest BCUT2D eigenvalue weighted by atomic mass is 9.77. The lowest BCUT2D eigenvalue weighted by Crippen LogP contribution is -2.30. The van der Waals surface area contributed by atoms with Crippen LogP contribution in [-0.2, 0) is 4.74 Å². The largest absolute Gasteiger partial charge is 0.384 e. The lowest BCUT2D eigenvalue weighted by Gasteiger charge is -2.29. The number of nitrogens with zero attached hydrogens (tertiary/aromatic N) is 1. The van der Waals surface area contributed by atoms with E-state index in [-0.39, 0.29) is 0 Å². The van der Waals surface area contributed by atoms with Crippen molar-refractivity contribution in [3.8, 4) is 0 Å². The van der Waals surface area contributed by atoms with Crippen LogP contribution >= 0.6 is 0 Å². The zero-order valence-corrected chi connectivity index (χ0v) is 9.87. The summed E-state index contributed by atoms with van der Waals surface area (Å²) in [6.07, 6.45) is 5.64. The first kappa shape index (κ1) is 11.4. The Balaban J connectivity index is 2.00. The molecule has 0 aromatic rings. The van der Waals surface area contributed by atoms with Gasteiger partial charge in [0.15, 0.2) is 0 Å². The second-order valence-electron chi connectivity index (χ2n) is 5.25. The second-order valence-corrected chi connectivity index (χ2v) is 5.25. The Morgan fingerprint density at radius 3 is 2.73 bits per heavy atom. The van der Waals surface area contributed by atoms with Crippen molar-refractivity contribution in [3.63, 3.8) is 0 Å². The minimum Gasteiger partial charge on any atom is -0.384 e. The normalized spacial score (nSPS) is 30.4. The molecule has 2 aliphatic rings. The van der Waals surface area contributed by atoms with E-state index in [1.165, 1.54) is 38.8 Å².